The molecule has 0 saturated heterocycles. The molecule has 1 N–H and O–H groups in total. The molecule has 0 bridgehead atoms. The predicted octanol–water partition coefficient (Wildman–Crippen LogP) is 3.03. The maximum Gasteiger partial charge on any atom is 0.113 e. The SMILES string of the molecule is COCCNC1(c2nccs2)CC(C)CCC1C. The average Bonchev–Trinajstić information content (AvgIpc) is 2.88. The van der Waals surface area contributed by atoms with Gasteiger partial charge in [0.15, 0.2) is 0 Å². The molecule has 102 valence electrons. The summed E-state index contributed by atoms with van der Waals surface area (Å²) in [5.74, 6) is 1.40. The molecular weight excluding hydrogens is 244 g/mol. The molecule has 4 heteroatoms. The lowest BCUT2D eigenvalue weighted by atomic mass is 9.70. The lowest BCUT2D eigenvalue weighted by Crippen LogP contribution is -2.51. The minimum absolute atomic E-state index is 0.0599. The van der Waals surface area contributed by atoms with Crippen LogP contribution in [-0.2, 0) is 10.3 Å². The maximum atomic E-state index is 5.18. The Morgan fingerprint density at radius 1 is 1.50 bits per heavy atom. The van der Waals surface area contributed by atoms with E-state index < -0.39 is 0 Å². The third-order valence-electron chi connectivity index (χ3n) is 4.16. The molecule has 0 amide bonds. The Morgan fingerprint density at radius 3 is 3.00 bits per heavy atom. The Balaban J connectivity index is 2.20. The summed E-state index contributed by atoms with van der Waals surface area (Å²) in [6.45, 7) is 6.36. The monoisotopic (exact) mass is 268 g/mol. The van der Waals surface area contributed by atoms with Crippen molar-refractivity contribution in [3.63, 3.8) is 0 Å². The van der Waals surface area contributed by atoms with E-state index in [0.717, 1.165) is 19.1 Å². The third kappa shape index (κ3) is 2.76. The summed E-state index contributed by atoms with van der Waals surface area (Å²) in [6, 6.07) is 0. The van der Waals surface area contributed by atoms with Crippen molar-refractivity contribution in [1.29, 1.82) is 0 Å². The third-order valence-corrected chi connectivity index (χ3v) is 5.12. The molecule has 0 aliphatic heterocycles. The van der Waals surface area contributed by atoms with Gasteiger partial charge in [-0.15, -0.1) is 11.3 Å². The van der Waals surface area contributed by atoms with Crippen molar-refractivity contribution >= 4 is 11.3 Å². The fourth-order valence-corrected chi connectivity index (χ4v) is 4.01. The molecule has 2 rings (SSSR count). The van der Waals surface area contributed by atoms with Crippen LogP contribution in [0.4, 0.5) is 0 Å². The van der Waals surface area contributed by atoms with Crippen LogP contribution in [0.1, 0.15) is 38.1 Å². The first-order valence-corrected chi connectivity index (χ1v) is 7.71. The lowest BCUT2D eigenvalue weighted by molar-refractivity contribution is 0.102. The normalized spacial score (nSPS) is 32.6. The zero-order chi connectivity index (χ0) is 13.0. The van der Waals surface area contributed by atoms with Crippen LogP contribution in [0, 0.1) is 11.8 Å². The highest BCUT2D eigenvalue weighted by molar-refractivity contribution is 7.09. The Morgan fingerprint density at radius 2 is 2.33 bits per heavy atom. The van der Waals surface area contributed by atoms with Gasteiger partial charge in [0.2, 0.25) is 0 Å². The molecular formula is C14H24N2OS. The number of thiazole rings is 1. The summed E-state index contributed by atoms with van der Waals surface area (Å²) in [6.07, 6.45) is 5.72. The topological polar surface area (TPSA) is 34.1 Å². The van der Waals surface area contributed by atoms with Gasteiger partial charge in [-0.3, -0.25) is 0 Å². The summed E-state index contributed by atoms with van der Waals surface area (Å²) in [4.78, 5) is 4.59. The number of hydrogen-bond donors (Lipinski definition) is 1. The smallest absolute Gasteiger partial charge is 0.113 e. The summed E-state index contributed by atoms with van der Waals surface area (Å²) in [5.41, 5.74) is 0.0599. The summed E-state index contributed by atoms with van der Waals surface area (Å²) >= 11 is 1.78. The predicted molar refractivity (Wildman–Crippen MR) is 75.8 cm³/mol. The fraction of sp³-hybridized carbons (Fsp3) is 0.786. The number of nitrogens with one attached hydrogen (secondary N) is 1. The van der Waals surface area contributed by atoms with E-state index in [1.54, 1.807) is 18.4 Å². The number of rotatable bonds is 5. The van der Waals surface area contributed by atoms with Crippen LogP contribution >= 0.6 is 11.3 Å². The number of hydrogen-bond acceptors (Lipinski definition) is 4. The van der Waals surface area contributed by atoms with Crippen LogP contribution in [-0.4, -0.2) is 25.2 Å². The van der Waals surface area contributed by atoms with Gasteiger partial charge in [0.05, 0.1) is 12.1 Å². The minimum atomic E-state index is 0.0599. The number of aromatic nitrogens is 1. The van der Waals surface area contributed by atoms with Crippen molar-refractivity contribution in [2.45, 2.75) is 38.6 Å². The molecule has 1 heterocycles. The number of methoxy groups -OCH3 is 1. The minimum Gasteiger partial charge on any atom is -0.383 e. The van der Waals surface area contributed by atoms with E-state index in [1.807, 2.05) is 6.20 Å². The Labute approximate surface area is 114 Å². The van der Waals surface area contributed by atoms with Gasteiger partial charge >= 0.3 is 0 Å². The van der Waals surface area contributed by atoms with Crippen molar-refractivity contribution in [2.75, 3.05) is 20.3 Å². The largest absolute Gasteiger partial charge is 0.383 e. The van der Waals surface area contributed by atoms with Gasteiger partial charge in [0.1, 0.15) is 5.01 Å². The fourth-order valence-electron chi connectivity index (χ4n) is 3.07. The molecule has 3 atom stereocenters. The molecule has 3 unspecified atom stereocenters. The molecule has 1 aromatic heterocycles. The van der Waals surface area contributed by atoms with Crippen molar-refractivity contribution in [2.24, 2.45) is 11.8 Å². The molecule has 1 aromatic rings. The van der Waals surface area contributed by atoms with Gasteiger partial charge < -0.3 is 10.1 Å². The molecule has 18 heavy (non-hydrogen) atoms. The maximum absolute atomic E-state index is 5.18. The van der Waals surface area contributed by atoms with E-state index in [9.17, 15) is 0 Å². The molecule has 3 nitrogen and oxygen atoms in total. The van der Waals surface area contributed by atoms with Gasteiger partial charge in [0.25, 0.3) is 0 Å². The second-order valence-electron chi connectivity index (χ2n) is 5.52. The van der Waals surface area contributed by atoms with Gasteiger partial charge in [-0.1, -0.05) is 20.3 Å². The van der Waals surface area contributed by atoms with E-state index in [-0.39, 0.29) is 5.54 Å². The molecule has 1 saturated carbocycles. The summed E-state index contributed by atoms with van der Waals surface area (Å²) in [5, 5.41) is 7.07. The molecule has 1 aliphatic carbocycles. The molecule has 0 spiro atoms. The quantitative estimate of drug-likeness (QED) is 0.834. The van der Waals surface area contributed by atoms with E-state index in [2.05, 4.69) is 29.5 Å². The van der Waals surface area contributed by atoms with Crippen molar-refractivity contribution < 1.29 is 4.74 Å². The lowest BCUT2D eigenvalue weighted by Gasteiger charge is -2.44. The molecule has 1 fully saturated rings. The van der Waals surface area contributed by atoms with Gasteiger partial charge in [0, 0.05) is 25.2 Å². The number of ether oxygens (including phenoxy) is 1. The van der Waals surface area contributed by atoms with Crippen LogP contribution in [0.5, 0.6) is 0 Å². The number of nitrogens with zero attached hydrogens (tertiary/aromatic N) is 1. The zero-order valence-corrected chi connectivity index (χ0v) is 12.4. The standard InChI is InChI=1S/C14H24N2OS/c1-11-4-5-12(2)14(10-11,16-6-8-17-3)13-15-7-9-18-13/h7,9,11-12,16H,4-6,8,10H2,1-3H3. The highest BCUT2D eigenvalue weighted by Gasteiger charge is 2.43. The van der Waals surface area contributed by atoms with E-state index in [0.29, 0.717) is 5.92 Å². The molecule has 0 radical (unpaired) electrons. The van der Waals surface area contributed by atoms with E-state index >= 15 is 0 Å². The van der Waals surface area contributed by atoms with Crippen molar-refractivity contribution in [1.82, 2.24) is 10.3 Å². The van der Waals surface area contributed by atoms with Crippen LogP contribution in [0.3, 0.4) is 0 Å². The molecule has 1 aliphatic rings. The average molecular weight is 268 g/mol. The summed E-state index contributed by atoms with van der Waals surface area (Å²) < 4.78 is 5.18. The Hall–Kier alpha value is -0.450. The first-order valence-electron chi connectivity index (χ1n) is 6.83. The van der Waals surface area contributed by atoms with Gasteiger partial charge in [-0.05, 0) is 24.7 Å². The van der Waals surface area contributed by atoms with E-state index in [4.69, 9.17) is 4.74 Å². The van der Waals surface area contributed by atoms with Crippen LogP contribution in [0.2, 0.25) is 0 Å². The van der Waals surface area contributed by atoms with Crippen LogP contribution in [0.25, 0.3) is 0 Å². The van der Waals surface area contributed by atoms with E-state index in [1.165, 1.54) is 24.3 Å². The second kappa shape index (κ2) is 6.13. The zero-order valence-electron chi connectivity index (χ0n) is 11.6. The van der Waals surface area contributed by atoms with Crippen molar-refractivity contribution in [3.8, 4) is 0 Å². The Kier molecular flexibility index (Phi) is 4.76. The molecule has 0 aromatic carbocycles. The van der Waals surface area contributed by atoms with Gasteiger partial charge in [-0.2, -0.15) is 0 Å². The highest BCUT2D eigenvalue weighted by Crippen LogP contribution is 2.44. The van der Waals surface area contributed by atoms with Crippen LogP contribution < -0.4 is 5.32 Å². The second-order valence-corrected chi connectivity index (χ2v) is 6.41. The summed E-state index contributed by atoms with van der Waals surface area (Å²) in [7, 11) is 1.75. The van der Waals surface area contributed by atoms with Crippen LogP contribution in [0.15, 0.2) is 11.6 Å². The highest BCUT2D eigenvalue weighted by atomic mass is 32.1. The first-order chi connectivity index (χ1) is 8.69. The first kappa shape index (κ1) is 14.0. The Bertz CT molecular complexity index is 355. The van der Waals surface area contributed by atoms with Gasteiger partial charge in [-0.25, -0.2) is 4.98 Å². The van der Waals surface area contributed by atoms with Crippen molar-refractivity contribution in [3.05, 3.63) is 16.6 Å².